The van der Waals surface area contributed by atoms with Gasteiger partial charge in [0.15, 0.2) is 0 Å². The van der Waals surface area contributed by atoms with Gasteiger partial charge < -0.3 is 5.73 Å². The monoisotopic (exact) mass is 241 g/mol. The van der Waals surface area contributed by atoms with Crippen LogP contribution in [0.3, 0.4) is 0 Å². The molecule has 78 valence electrons. The number of hydrogen-bond donors (Lipinski definition) is 1. The van der Waals surface area contributed by atoms with Gasteiger partial charge in [0.2, 0.25) is 0 Å². The number of anilines is 1. The van der Waals surface area contributed by atoms with E-state index in [1.807, 2.05) is 0 Å². The number of halogens is 1. The molecule has 0 amide bonds. The second-order valence-electron chi connectivity index (χ2n) is 3.03. The van der Waals surface area contributed by atoms with E-state index >= 15 is 0 Å². The predicted molar refractivity (Wildman–Crippen MR) is 60.4 cm³/mol. The summed E-state index contributed by atoms with van der Waals surface area (Å²) in [5, 5.41) is 4.00. The summed E-state index contributed by atoms with van der Waals surface area (Å²) in [5.41, 5.74) is 6.35. The molecular formula is C9H8ClN3OS. The first-order chi connectivity index (χ1) is 7.08. The van der Waals surface area contributed by atoms with Gasteiger partial charge in [-0.05, 0) is 19.1 Å². The lowest BCUT2D eigenvalue weighted by molar-refractivity contribution is 0.0951. The van der Waals surface area contributed by atoms with Crippen molar-refractivity contribution in [1.82, 2.24) is 9.78 Å². The fourth-order valence-electron chi connectivity index (χ4n) is 1.22. The fourth-order valence-corrected chi connectivity index (χ4v) is 2.18. The molecule has 0 unspecified atom stereocenters. The second kappa shape index (κ2) is 3.67. The molecule has 4 nitrogen and oxygen atoms in total. The van der Waals surface area contributed by atoms with Crippen LogP contribution in [0.2, 0.25) is 4.34 Å². The molecule has 0 saturated heterocycles. The van der Waals surface area contributed by atoms with Gasteiger partial charge in [-0.1, -0.05) is 11.6 Å². The molecule has 2 aromatic heterocycles. The van der Waals surface area contributed by atoms with Crippen molar-refractivity contribution in [2.45, 2.75) is 6.92 Å². The average molecular weight is 242 g/mol. The first-order valence-corrected chi connectivity index (χ1v) is 5.39. The van der Waals surface area contributed by atoms with Crippen molar-refractivity contribution >= 4 is 34.7 Å². The molecule has 0 aliphatic rings. The van der Waals surface area contributed by atoms with E-state index in [9.17, 15) is 4.79 Å². The first kappa shape index (κ1) is 10.2. The molecule has 0 atom stereocenters. The van der Waals surface area contributed by atoms with Gasteiger partial charge in [0.05, 0.1) is 14.9 Å². The van der Waals surface area contributed by atoms with E-state index in [-0.39, 0.29) is 5.91 Å². The van der Waals surface area contributed by atoms with Crippen molar-refractivity contribution in [2.24, 2.45) is 0 Å². The zero-order chi connectivity index (χ0) is 11.0. The Bertz CT molecular complexity index is 517. The van der Waals surface area contributed by atoms with Gasteiger partial charge >= 0.3 is 0 Å². The molecule has 0 aromatic carbocycles. The third-order valence-corrected chi connectivity index (χ3v) is 3.05. The van der Waals surface area contributed by atoms with Crippen molar-refractivity contribution in [1.29, 1.82) is 0 Å². The maximum Gasteiger partial charge on any atom is 0.290 e. The fraction of sp³-hybridized carbons (Fsp3) is 0.111. The molecular weight excluding hydrogens is 234 g/mol. The summed E-state index contributed by atoms with van der Waals surface area (Å²) in [7, 11) is 0. The van der Waals surface area contributed by atoms with Gasteiger partial charge in [-0.2, -0.15) is 9.78 Å². The largest absolute Gasteiger partial charge is 0.383 e. The lowest BCUT2D eigenvalue weighted by Crippen LogP contribution is -2.14. The first-order valence-electron chi connectivity index (χ1n) is 4.20. The minimum absolute atomic E-state index is 0.252. The van der Waals surface area contributed by atoms with E-state index in [1.165, 1.54) is 16.0 Å². The highest BCUT2D eigenvalue weighted by molar-refractivity contribution is 7.18. The van der Waals surface area contributed by atoms with Crippen LogP contribution in [0.15, 0.2) is 18.2 Å². The van der Waals surface area contributed by atoms with Crippen LogP contribution in [0, 0.1) is 6.92 Å². The average Bonchev–Trinajstić information content (AvgIpc) is 2.71. The van der Waals surface area contributed by atoms with Crippen molar-refractivity contribution < 1.29 is 4.79 Å². The molecule has 15 heavy (non-hydrogen) atoms. The highest BCUT2D eigenvalue weighted by Gasteiger charge is 2.14. The molecule has 0 bridgehead atoms. The maximum atomic E-state index is 11.9. The SMILES string of the molecule is Cc1cc(N)n(C(=O)c2ccc(Cl)s2)n1. The normalized spacial score (nSPS) is 10.5. The third kappa shape index (κ3) is 1.88. The summed E-state index contributed by atoms with van der Waals surface area (Å²) in [6.07, 6.45) is 0. The van der Waals surface area contributed by atoms with Gasteiger partial charge in [0.25, 0.3) is 5.91 Å². The molecule has 0 spiro atoms. The zero-order valence-electron chi connectivity index (χ0n) is 7.90. The zero-order valence-corrected chi connectivity index (χ0v) is 9.47. The molecule has 2 heterocycles. The van der Waals surface area contributed by atoms with Crippen LogP contribution in [0.1, 0.15) is 15.4 Å². The van der Waals surface area contributed by atoms with Gasteiger partial charge in [-0.25, -0.2) is 0 Å². The van der Waals surface area contributed by atoms with E-state index in [2.05, 4.69) is 5.10 Å². The third-order valence-electron chi connectivity index (χ3n) is 1.84. The summed E-state index contributed by atoms with van der Waals surface area (Å²) in [4.78, 5) is 12.4. The number of hydrogen-bond acceptors (Lipinski definition) is 4. The van der Waals surface area contributed by atoms with Crippen molar-refractivity contribution in [3.8, 4) is 0 Å². The maximum absolute atomic E-state index is 11.9. The Hall–Kier alpha value is -1.33. The lowest BCUT2D eigenvalue weighted by Gasteiger charge is -1.98. The van der Waals surface area contributed by atoms with Crippen LogP contribution in [-0.4, -0.2) is 15.7 Å². The number of rotatable bonds is 1. The van der Waals surface area contributed by atoms with Crippen LogP contribution in [0.5, 0.6) is 0 Å². The molecule has 0 fully saturated rings. The summed E-state index contributed by atoms with van der Waals surface area (Å²) < 4.78 is 1.75. The van der Waals surface area contributed by atoms with Gasteiger partial charge in [-0.15, -0.1) is 11.3 Å². The lowest BCUT2D eigenvalue weighted by atomic mass is 10.4. The topological polar surface area (TPSA) is 60.9 Å². The number of carbonyl (C=O) groups is 1. The predicted octanol–water partition coefficient (Wildman–Crippen LogP) is 2.18. The van der Waals surface area contributed by atoms with Gasteiger partial charge in [0, 0.05) is 6.07 Å². The second-order valence-corrected chi connectivity index (χ2v) is 4.75. The molecule has 2 rings (SSSR count). The quantitative estimate of drug-likeness (QED) is 0.833. The number of thiophene rings is 1. The molecule has 0 saturated carbocycles. The number of aromatic nitrogens is 2. The van der Waals surface area contributed by atoms with Crippen LogP contribution in [-0.2, 0) is 0 Å². The van der Waals surface area contributed by atoms with Crippen LogP contribution in [0.4, 0.5) is 5.82 Å². The van der Waals surface area contributed by atoms with Crippen LogP contribution < -0.4 is 5.73 Å². The van der Waals surface area contributed by atoms with Crippen LogP contribution >= 0.6 is 22.9 Å². The number of nitrogens with zero attached hydrogens (tertiary/aromatic N) is 2. The number of nitrogen functional groups attached to an aromatic ring is 1. The molecule has 2 aromatic rings. The van der Waals surface area contributed by atoms with E-state index in [0.29, 0.717) is 20.7 Å². The Morgan fingerprint density at radius 3 is 2.80 bits per heavy atom. The Morgan fingerprint density at radius 1 is 1.60 bits per heavy atom. The molecule has 0 aliphatic heterocycles. The minimum atomic E-state index is -0.252. The van der Waals surface area contributed by atoms with Crippen molar-refractivity contribution in [3.05, 3.63) is 33.1 Å². The van der Waals surface area contributed by atoms with Crippen molar-refractivity contribution in [2.75, 3.05) is 5.73 Å². The number of nitrogens with two attached hydrogens (primary N) is 1. The molecule has 0 radical (unpaired) electrons. The van der Waals surface area contributed by atoms with Crippen molar-refractivity contribution in [3.63, 3.8) is 0 Å². The summed E-state index contributed by atoms with van der Waals surface area (Å²) >= 11 is 6.95. The number of carbonyl (C=O) groups excluding carboxylic acids is 1. The highest BCUT2D eigenvalue weighted by atomic mass is 35.5. The Labute approximate surface area is 95.3 Å². The summed E-state index contributed by atoms with van der Waals surface area (Å²) in [6.45, 7) is 1.78. The summed E-state index contributed by atoms with van der Waals surface area (Å²) in [6, 6.07) is 4.98. The van der Waals surface area contributed by atoms with E-state index in [0.717, 1.165) is 0 Å². The highest BCUT2D eigenvalue weighted by Crippen LogP contribution is 2.22. The minimum Gasteiger partial charge on any atom is -0.383 e. The Kier molecular flexibility index (Phi) is 2.50. The Balaban J connectivity index is 2.40. The molecule has 0 aliphatic carbocycles. The van der Waals surface area contributed by atoms with Crippen LogP contribution in [0.25, 0.3) is 0 Å². The van der Waals surface area contributed by atoms with E-state index < -0.39 is 0 Å². The molecule has 2 N–H and O–H groups in total. The van der Waals surface area contributed by atoms with Gasteiger partial charge in [0.1, 0.15) is 5.82 Å². The van der Waals surface area contributed by atoms with E-state index in [1.54, 1.807) is 25.1 Å². The van der Waals surface area contributed by atoms with Gasteiger partial charge in [-0.3, -0.25) is 4.79 Å². The number of aryl methyl sites for hydroxylation is 1. The Morgan fingerprint density at radius 2 is 2.33 bits per heavy atom. The summed E-state index contributed by atoms with van der Waals surface area (Å²) in [5.74, 6) is 0.0829. The standard InChI is InChI=1S/C9H8ClN3OS/c1-5-4-8(11)13(12-5)9(14)6-2-3-7(10)15-6/h2-4H,11H2,1H3. The molecule has 6 heteroatoms. The van der Waals surface area contributed by atoms with E-state index in [4.69, 9.17) is 17.3 Å². The smallest absolute Gasteiger partial charge is 0.290 e.